The highest BCUT2D eigenvalue weighted by Gasteiger charge is 2.43. The first-order valence-electron chi connectivity index (χ1n) is 9.52. The molecule has 27 heavy (non-hydrogen) atoms. The highest BCUT2D eigenvalue weighted by atomic mass is 16.5. The molecular formula is C21H25N3O3. The van der Waals surface area contributed by atoms with E-state index in [1.54, 1.807) is 12.3 Å². The zero-order valence-corrected chi connectivity index (χ0v) is 15.8. The lowest BCUT2D eigenvalue weighted by molar-refractivity contribution is 0.0383. The van der Waals surface area contributed by atoms with E-state index in [0.29, 0.717) is 24.1 Å². The molecule has 4 rings (SSSR count). The number of fused-ring (bicyclic) bond motifs is 1. The van der Waals surface area contributed by atoms with Crippen LogP contribution in [0.25, 0.3) is 0 Å². The molecule has 2 heterocycles. The van der Waals surface area contributed by atoms with Crippen molar-refractivity contribution in [1.82, 2.24) is 14.7 Å². The number of benzene rings is 1. The third-order valence-corrected chi connectivity index (χ3v) is 5.69. The number of carbonyl (C=O) groups excluding carboxylic acids is 2. The van der Waals surface area contributed by atoms with Crippen molar-refractivity contribution in [2.45, 2.75) is 39.4 Å². The Hall–Kier alpha value is -2.47. The molecule has 6 heteroatoms. The summed E-state index contributed by atoms with van der Waals surface area (Å²) >= 11 is 0. The molecule has 2 aromatic rings. The predicted molar refractivity (Wildman–Crippen MR) is 101 cm³/mol. The molecule has 1 aromatic heterocycles. The molecule has 1 saturated carbocycles. The minimum absolute atomic E-state index is 0.131. The molecule has 1 amide bonds. The SMILES string of the molecule is CC(=O)c1ccn(C(=O)N2C[C@H]3C[C@H](OCc4cccc(C)c4)C[C@H]3C2)n1. The van der Waals surface area contributed by atoms with Crippen molar-refractivity contribution in [1.29, 1.82) is 0 Å². The van der Waals surface area contributed by atoms with Crippen LogP contribution in [0.5, 0.6) is 0 Å². The van der Waals surface area contributed by atoms with Crippen LogP contribution >= 0.6 is 0 Å². The van der Waals surface area contributed by atoms with Crippen molar-refractivity contribution in [3.8, 4) is 0 Å². The molecule has 3 atom stereocenters. The van der Waals surface area contributed by atoms with Crippen LogP contribution in [0.2, 0.25) is 0 Å². The van der Waals surface area contributed by atoms with Crippen molar-refractivity contribution >= 4 is 11.8 Å². The van der Waals surface area contributed by atoms with E-state index in [-0.39, 0.29) is 17.9 Å². The largest absolute Gasteiger partial charge is 0.374 e. The molecule has 0 radical (unpaired) electrons. The Kier molecular flexibility index (Phi) is 4.83. The Morgan fingerprint density at radius 3 is 2.56 bits per heavy atom. The van der Waals surface area contributed by atoms with Crippen molar-refractivity contribution in [2.75, 3.05) is 13.1 Å². The van der Waals surface area contributed by atoms with Gasteiger partial charge in [0.2, 0.25) is 0 Å². The third-order valence-electron chi connectivity index (χ3n) is 5.69. The van der Waals surface area contributed by atoms with Gasteiger partial charge in [-0.05, 0) is 43.2 Å². The van der Waals surface area contributed by atoms with E-state index in [2.05, 4.69) is 36.3 Å². The summed E-state index contributed by atoms with van der Waals surface area (Å²) in [5, 5.41) is 4.08. The number of nitrogens with zero attached hydrogens (tertiary/aromatic N) is 3. The third kappa shape index (κ3) is 3.81. The second-order valence-electron chi connectivity index (χ2n) is 7.80. The van der Waals surface area contributed by atoms with Gasteiger partial charge in [0, 0.05) is 26.2 Å². The number of Topliss-reactive ketones (excluding diaryl/α,β-unsaturated/α-hetero) is 1. The fraction of sp³-hybridized carbons (Fsp3) is 0.476. The standard InChI is InChI=1S/C21H25N3O3/c1-14-4-3-5-16(8-14)13-27-19-9-17-11-23(12-18(17)10-19)21(26)24-7-6-20(22-24)15(2)25/h3-8,17-19H,9-13H2,1-2H3/t17-,18+,19+. The molecule has 0 spiro atoms. The first-order chi connectivity index (χ1) is 13.0. The summed E-state index contributed by atoms with van der Waals surface area (Å²) < 4.78 is 7.41. The number of ketones is 1. The summed E-state index contributed by atoms with van der Waals surface area (Å²) in [6.07, 6.45) is 3.84. The summed E-state index contributed by atoms with van der Waals surface area (Å²) in [4.78, 5) is 25.8. The second-order valence-corrected chi connectivity index (χ2v) is 7.80. The average molecular weight is 367 g/mol. The lowest BCUT2D eigenvalue weighted by Gasteiger charge is -2.19. The number of ether oxygens (including phenoxy) is 1. The number of likely N-dealkylation sites (tertiary alicyclic amines) is 1. The maximum absolute atomic E-state index is 12.6. The number of rotatable bonds is 4. The lowest BCUT2D eigenvalue weighted by atomic mass is 10.0. The van der Waals surface area contributed by atoms with Crippen LogP contribution in [0, 0.1) is 18.8 Å². The Bertz CT molecular complexity index is 846. The molecule has 0 unspecified atom stereocenters. The highest BCUT2D eigenvalue weighted by Crippen LogP contribution is 2.39. The summed E-state index contributed by atoms with van der Waals surface area (Å²) in [5.74, 6) is 0.840. The topological polar surface area (TPSA) is 64.4 Å². The van der Waals surface area contributed by atoms with Gasteiger partial charge in [-0.25, -0.2) is 4.79 Å². The van der Waals surface area contributed by atoms with Crippen molar-refractivity contribution < 1.29 is 14.3 Å². The van der Waals surface area contributed by atoms with Gasteiger partial charge >= 0.3 is 6.03 Å². The summed E-state index contributed by atoms with van der Waals surface area (Å²) in [6.45, 7) is 5.67. The van der Waals surface area contributed by atoms with Gasteiger partial charge in [0.25, 0.3) is 0 Å². The first-order valence-corrected chi connectivity index (χ1v) is 9.52. The Morgan fingerprint density at radius 2 is 1.93 bits per heavy atom. The zero-order valence-electron chi connectivity index (χ0n) is 15.8. The van der Waals surface area contributed by atoms with Crippen LogP contribution in [0.15, 0.2) is 36.5 Å². The first kappa shape index (κ1) is 17.9. The van der Waals surface area contributed by atoms with E-state index in [1.807, 2.05) is 4.90 Å². The summed E-state index contributed by atoms with van der Waals surface area (Å²) in [5.41, 5.74) is 2.79. The Balaban J connectivity index is 1.30. The van der Waals surface area contributed by atoms with Crippen LogP contribution in [0.4, 0.5) is 4.79 Å². The van der Waals surface area contributed by atoms with Crippen molar-refractivity contribution in [3.63, 3.8) is 0 Å². The van der Waals surface area contributed by atoms with Crippen LogP contribution < -0.4 is 0 Å². The molecular weight excluding hydrogens is 342 g/mol. The number of aryl methyl sites for hydroxylation is 1. The molecule has 2 fully saturated rings. The van der Waals surface area contributed by atoms with Gasteiger partial charge in [0.05, 0.1) is 12.7 Å². The van der Waals surface area contributed by atoms with Crippen LogP contribution in [-0.4, -0.2) is 45.7 Å². The van der Waals surface area contributed by atoms with Gasteiger partial charge in [-0.3, -0.25) is 4.79 Å². The van der Waals surface area contributed by atoms with Gasteiger partial charge in [-0.1, -0.05) is 29.8 Å². The maximum Gasteiger partial charge on any atom is 0.344 e. The zero-order chi connectivity index (χ0) is 19.0. The van der Waals surface area contributed by atoms with Crippen molar-refractivity contribution in [3.05, 3.63) is 53.3 Å². The average Bonchev–Trinajstić information content (AvgIpc) is 3.34. The van der Waals surface area contributed by atoms with E-state index in [1.165, 1.54) is 22.7 Å². The number of hydrogen-bond acceptors (Lipinski definition) is 4. The number of carbonyl (C=O) groups is 2. The molecule has 0 bridgehead atoms. The van der Waals surface area contributed by atoms with Crippen LogP contribution in [0.1, 0.15) is 41.4 Å². The van der Waals surface area contributed by atoms with E-state index >= 15 is 0 Å². The second kappa shape index (κ2) is 7.27. The van der Waals surface area contributed by atoms with Gasteiger partial charge in [-0.2, -0.15) is 9.78 Å². The van der Waals surface area contributed by atoms with E-state index in [4.69, 9.17) is 4.74 Å². The molecule has 1 aliphatic carbocycles. The molecule has 2 aliphatic rings. The van der Waals surface area contributed by atoms with Crippen LogP contribution in [-0.2, 0) is 11.3 Å². The van der Waals surface area contributed by atoms with E-state index < -0.39 is 0 Å². The fourth-order valence-corrected chi connectivity index (χ4v) is 4.32. The van der Waals surface area contributed by atoms with Gasteiger partial charge in [-0.15, -0.1) is 0 Å². The fourth-order valence-electron chi connectivity index (χ4n) is 4.32. The summed E-state index contributed by atoms with van der Waals surface area (Å²) in [6, 6.07) is 9.86. The highest BCUT2D eigenvalue weighted by molar-refractivity contribution is 5.92. The Labute approximate surface area is 159 Å². The minimum atomic E-state index is -0.144. The molecule has 1 saturated heterocycles. The molecule has 142 valence electrons. The number of hydrogen-bond donors (Lipinski definition) is 0. The maximum atomic E-state index is 12.6. The van der Waals surface area contributed by atoms with Gasteiger partial charge in [0.1, 0.15) is 5.69 Å². The molecule has 6 nitrogen and oxygen atoms in total. The Morgan fingerprint density at radius 1 is 1.19 bits per heavy atom. The molecule has 1 aromatic carbocycles. The normalized spacial score (nSPS) is 24.2. The molecule has 0 N–H and O–H groups in total. The number of amides is 1. The monoisotopic (exact) mass is 367 g/mol. The quantitative estimate of drug-likeness (QED) is 0.778. The summed E-state index contributed by atoms with van der Waals surface area (Å²) in [7, 11) is 0. The van der Waals surface area contributed by atoms with Gasteiger partial charge in [0.15, 0.2) is 5.78 Å². The molecule has 1 aliphatic heterocycles. The lowest BCUT2D eigenvalue weighted by Crippen LogP contribution is -2.34. The van der Waals surface area contributed by atoms with E-state index in [0.717, 1.165) is 25.9 Å². The predicted octanol–water partition coefficient (Wildman–Crippen LogP) is 3.29. The van der Waals surface area contributed by atoms with Crippen LogP contribution in [0.3, 0.4) is 0 Å². The van der Waals surface area contributed by atoms with E-state index in [9.17, 15) is 9.59 Å². The number of aromatic nitrogens is 2. The van der Waals surface area contributed by atoms with Crippen molar-refractivity contribution in [2.24, 2.45) is 11.8 Å². The smallest absolute Gasteiger partial charge is 0.344 e. The minimum Gasteiger partial charge on any atom is -0.374 e. The van der Waals surface area contributed by atoms with Gasteiger partial charge < -0.3 is 9.64 Å².